The second kappa shape index (κ2) is 21.9. The molecule has 2 aliphatic rings. The van der Waals surface area contributed by atoms with Gasteiger partial charge in [0, 0.05) is 18.2 Å². The van der Waals surface area contributed by atoms with Gasteiger partial charge in [-0.15, -0.1) is 0 Å². The van der Waals surface area contributed by atoms with Gasteiger partial charge in [0.05, 0.1) is 37.6 Å². The average molecular weight is 801 g/mol. The van der Waals surface area contributed by atoms with Gasteiger partial charge in [-0.1, -0.05) is 58.5 Å². The number of hydrogen-bond donors (Lipinski definition) is 0. The van der Waals surface area contributed by atoms with Crippen molar-refractivity contribution in [1.82, 2.24) is 9.80 Å². The van der Waals surface area contributed by atoms with E-state index in [0.717, 1.165) is 10.3 Å². The van der Waals surface area contributed by atoms with Crippen molar-refractivity contribution in [2.24, 2.45) is 5.41 Å². The summed E-state index contributed by atoms with van der Waals surface area (Å²) in [4.78, 5) is 50.9. The first kappa shape index (κ1) is 46.9. The fraction of sp³-hybridized carbons (Fsp3) is 0.435. The summed E-state index contributed by atoms with van der Waals surface area (Å²) < 4.78 is 34.1. The predicted octanol–water partition coefficient (Wildman–Crippen LogP) is 8.32. The normalized spacial score (nSPS) is 17.0. The molecule has 4 amide bonds. The third-order valence-electron chi connectivity index (χ3n) is 8.10. The van der Waals surface area contributed by atoms with Crippen molar-refractivity contribution in [3.8, 4) is 11.5 Å². The van der Waals surface area contributed by atoms with E-state index >= 15 is 0 Å². The third kappa shape index (κ3) is 13.9. The first-order chi connectivity index (χ1) is 27.4. The summed E-state index contributed by atoms with van der Waals surface area (Å²) in [5.74, 6) is 1.51. The lowest BCUT2D eigenvalue weighted by Crippen LogP contribution is -2.45. The number of aryl methyl sites for hydroxylation is 1. The number of benzene rings is 3. The number of imide groups is 2. The molecule has 58 heavy (non-hydrogen) atoms. The largest absolute Gasteiger partial charge is 0.487 e. The van der Waals surface area contributed by atoms with Gasteiger partial charge in [0.15, 0.2) is 23.0 Å². The van der Waals surface area contributed by atoms with Crippen LogP contribution in [0.1, 0.15) is 92.0 Å². The molecule has 12 nitrogen and oxygen atoms in total. The molecule has 0 unspecified atom stereocenters. The molecule has 0 bridgehead atoms. The van der Waals surface area contributed by atoms with E-state index < -0.39 is 11.4 Å². The summed E-state index contributed by atoms with van der Waals surface area (Å²) in [6.45, 7) is 25.1. The Labute approximate surface area is 343 Å². The summed E-state index contributed by atoms with van der Waals surface area (Å²) in [7, 11) is 1.39. The van der Waals surface area contributed by atoms with Gasteiger partial charge in [0.1, 0.15) is 26.4 Å². The molecule has 0 N–H and O–H groups in total. The minimum Gasteiger partial charge on any atom is -0.487 e. The van der Waals surface area contributed by atoms with Crippen LogP contribution in [0.4, 0.5) is 0 Å². The first-order valence-corrected chi connectivity index (χ1v) is 19.4. The number of carbonyl (C=O) groups excluding carboxylic acids is 4. The Balaban J connectivity index is 0.000000278. The number of carbonyl (C=O) groups is 4. The molecule has 0 saturated carbocycles. The Hall–Kier alpha value is -5.46. The van der Waals surface area contributed by atoms with Gasteiger partial charge in [-0.05, 0) is 98.9 Å². The van der Waals surface area contributed by atoms with Crippen LogP contribution in [-0.2, 0) is 23.7 Å². The second-order valence-electron chi connectivity index (χ2n) is 16.0. The molecule has 2 heterocycles. The van der Waals surface area contributed by atoms with Crippen molar-refractivity contribution in [3.63, 3.8) is 0 Å². The van der Waals surface area contributed by atoms with E-state index in [1.807, 2.05) is 64.1 Å². The van der Waals surface area contributed by atoms with Crippen LogP contribution in [0.25, 0.3) is 10.8 Å². The molecular weight excluding hydrogens is 741 g/mol. The Morgan fingerprint density at radius 3 is 1.60 bits per heavy atom. The maximum atomic E-state index is 12.7. The maximum Gasteiger partial charge on any atom is 0.262 e. The lowest BCUT2D eigenvalue weighted by molar-refractivity contribution is -0.115. The summed E-state index contributed by atoms with van der Waals surface area (Å²) in [6.07, 6.45) is 5.80. The highest BCUT2D eigenvalue weighted by atomic mass is 16.6. The zero-order valence-corrected chi connectivity index (χ0v) is 35.8. The molecule has 0 radical (unpaired) electrons. The van der Waals surface area contributed by atoms with Crippen molar-refractivity contribution < 1.29 is 47.6 Å². The second-order valence-corrected chi connectivity index (χ2v) is 16.0. The summed E-state index contributed by atoms with van der Waals surface area (Å²) in [6, 6.07) is 14.3. The quantitative estimate of drug-likeness (QED) is 0.188. The summed E-state index contributed by atoms with van der Waals surface area (Å²) in [5.41, 5.74) is 1.67. The smallest absolute Gasteiger partial charge is 0.262 e. The van der Waals surface area contributed by atoms with Crippen molar-refractivity contribution in [3.05, 3.63) is 107 Å². The van der Waals surface area contributed by atoms with E-state index in [9.17, 15) is 19.2 Å². The number of para-hydroxylation sites is 2. The molecule has 314 valence electrons. The lowest BCUT2D eigenvalue weighted by atomic mass is 9.97. The van der Waals surface area contributed by atoms with Crippen molar-refractivity contribution in [1.29, 1.82) is 0 Å². The van der Waals surface area contributed by atoms with Crippen molar-refractivity contribution in [2.45, 2.75) is 67.9 Å². The molecule has 0 atom stereocenters. The van der Waals surface area contributed by atoms with Crippen LogP contribution in [-0.4, -0.2) is 99.4 Å². The van der Waals surface area contributed by atoms with E-state index in [0.29, 0.717) is 115 Å². The standard InChI is InChI=1S/C21H28O6.C20H20N2O4.C5H12/c1-3-7-19-18(4-2)24-14-10-22-12-16-26-20-8-5-6-9-21(20)27-17-13-23-11-15-25-19;1-11-6-12-8-15-16(19(26)22(18(15)25)20(2,3)4)9-13(12)7-14(11)17(24)21(5)10-23;1-5(2,3)4/h3-9H,2,10-17H2,1H3;6-10H,1-5H3;1-4H3/b7-3-,19-18-;;. The molecule has 12 heteroatoms. The molecule has 3 aromatic rings. The Bertz CT molecular complexity index is 1960. The Morgan fingerprint density at radius 2 is 1.17 bits per heavy atom. The van der Waals surface area contributed by atoms with Crippen LogP contribution in [0.3, 0.4) is 0 Å². The molecule has 2 aliphatic heterocycles. The van der Waals surface area contributed by atoms with Gasteiger partial charge in [-0.2, -0.15) is 0 Å². The van der Waals surface area contributed by atoms with Gasteiger partial charge < -0.3 is 28.4 Å². The van der Waals surface area contributed by atoms with Crippen molar-refractivity contribution >= 4 is 34.9 Å². The van der Waals surface area contributed by atoms with Crippen LogP contribution >= 0.6 is 0 Å². The molecule has 0 spiro atoms. The molecule has 3 aromatic carbocycles. The lowest BCUT2D eigenvalue weighted by Gasteiger charge is -2.29. The molecular formula is C46H60N2O10. The third-order valence-corrected chi connectivity index (χ3v) is 8.10. The molecule has 5 rings (SSSR count). The topological polar surface area (TPSA) is 130 Å². The number of hydrogen-bond acceptors (Lipinski definition) is 10. The predicted molar refractivity (Wildman–Crippen MR) is 225 cm³/mol. The van der Waals surface area contributed by atoms with Gasteiger partial charge >= 0.3 is 0 Å². The van der Waals surface area contributed by atoms with E-state index in [1.165, 1.54) is 11.9 Å². The molecule has 0 aromatic heterocycles. The minimum absolute atomic E-state index is 0.308. The highest BCUT2D eigenvalue weighted by Gasteiger charge is 2.42. The summed E-state index contributed by atoms with van der Waals surface area (Å²) >= 11 is 0. The van der Waals surface area contributed by atoms with Gasteiger partial charge in [0.2, 0.25) is 6.41 Å². The number of fused-ring (bicyclic) bond motifs is 3. The van der Waals surface area contributed by atoms with E-state index in [2.05, 4.69) is 34.3 Å². The maximum absolute atomic E-state index is 12.7. The fourth-order valence-electron chi connectivity index (χ4n) is 5.55. The Kier molecular flexibility index (Phi) is 17.7. The zero-order chi connectivity index (χ0) is 43.0. The summed E-state index contributed by atoms with van der Waals surface area (Å²) in [5, 5.41) is 1.44. The highest BCUT2D eigenvalue weighted by molar-refractivity contribution is 6.23. The van der Waals surface area contributed by atoms with Gasteiger partial charge in [-0.3, -0.25) is 29.0 Å². The average Bonchev–Trinajstić information content (AvgIpc) is 3.41. The monoisotopic (exact) mass is 800 g/mol. The van der Waals surface area contributed by atoms with E-state index in [1.54, 1.807) is 37.3 Å². The Morgan fingerprint density at radius 1 is 0.724 bits per heavy atom. The minimum atomic E-state index is -0.622. The molecule has 0 aliphatic carbocycles. The SMILES string of the molecule is C=C/C1=C(\C=C/C)OCCOCCOc2ccccc2OCCOCCO1.CC(C)(C)C.Cc1cc2cc3c(cc2cc1C(=O)N(C)C=O)C(=O)N(C(C)(C)C)C3=O. The number of rotatable bonds is 4. The van der Waals surface area contributed by atoms with E-state index in [-0.39, 0.29) is 11.8 Å². The van der Waals surface area contributed by atoms with Crippen LogP contribution < -0.4 is 9.47 Å². The number of allylic oxidation sites excluding steroid dienone is 3. The van der Waals surface area contributed by atoms with Crippen LogP contribution in [0.15, 0.2) is 84.9 Å². The van der Waals surface area contributed by atoms with Crippen LogP contribution in [0.2, 0.25) is 0 Å². The molecule has 0 saturated heterocycles. The highest BCUT2D eigenvalue weighted by Crippen LogP contribution is 2.33. The van der Waals surface area contributed by atoms with Gasteiger partial charge in [0.25, 0.3) is 17.7 Å². The zero-order valence-electron chi connectivity index (χ0n) is 35.8. The van der Waals surface area contributed by atoms with Crippen LogP contribution in [0.5, 0.6) is 11.5 Å². The number of nitrogens with zero attached hydrogens (tertiary/aromatic N) is 2. The first-order valence-electron chi connectivity index (χ1n) is 19.4. The molecule has 0 fully saturated rings. The van der Waals surface area contributed by atoms with Crippen LogP contribution in [0, 0.1) is 12.3 Å². The van der Waals surface area contributed by atoms with E-state index in [4.69, 9.17) is 28.4 Å². The van der Waals surface area contributed by atoms with Gasteiger partial charge in [-0.25, -0.2) is 0 Å². The number of ether oxygens (including phenoxy) is 6. The fourth-order valence-corrected chi connectivity index (χ4v) is 5.55. The van der Waals surface area contributed by atoms with Crippen molar-refractivity contribution in [2.75, 3.05) is 59.9 Å². The number of amides is 4.